The van der Waals surface area contributed by atoms with Gasteiger partial charge in [-0.3, -0.25) is 14.5 Å². The van der Waals surface area contributed by atoms with Crippen molar-refractivity contribution in [1.82, 2.24) is 14.7 Å². The van der Waals surface area contributed by atoms with Crippen LogP contribution < -0.4 is 4.74 Å². The maximum atomic E-state index is 12.6. The molecule has 3 atom stereocenters. The Morgan fingerprint density at radius 1 is 1.06 bits per heavy atom. The number of hydrogen-bond donors (Lipinski definition) is 0. The highest BCUT2D eigenvalue weighted by Gasteiger charge is 2.45. The molecule has 168 valence electrons. The molecule has 0 aromatic heterocycles. The Morgan fingerprint density at radius 3 is 2.61 bits per heavy atom. The van der Waals surface area contributed by atoms with Crippen LogP contribution in [0.15, 0.2) is 24.3 Å². The molecule has 0 N–H and O–H groups in total. The summed E-state index contributed by atoms with van der Waals surface area (Å²) in [4.78, 5) is 31.9. The molecule has 6 heteroatoms. The van der Waals surface area contributed by atoms with E-state index in [-0.39, 0.29) is 12.5 Å². The van der Waals surface area contributed by atoms with Gasteiger partial charge in [-0.25, -0.2) is 0 Å². The number of piperidine rings is 4. The fourth-order valence-corrected chi connectivity index (χ4v) is 6.30. The molecule has 31 heavy (non-hydrogen) atoms. The lowest BCUT2D eigenvalue weighted by atomic mass is 9.75. The number of amides is 2. The molecule has 0 spiro atoms. The van der Waals surface area contributed by atoms with Gasteiger partial charge in [-0.1, -0.05) is 17.7 Å². The molecule has 4 aliphatic heterocycles. The van der Waals surface area contributed by atoms with Crippen molar-refractivity contribution in [2.24, 2.45) is 11.8 Å². The minimum Gasteiger partial charge on any atom is -0.484 e. The van der Waals surface area contributed by atoms with Gasteiger partial charge < -0.3 is 14.5 Å². The van der Waals surface area contributed by atoms with Gasteiger partial charge in [0.2, 0.25) is 5.91 Å². The van der Waals surface area contributed by atoms with Crippen LogP contribution in [0.25, 0.3) is 0 Å². The average Bonchev–Trinajstić information content (AvgIpc) is 2.79. The van der Waals surface area contributed by atoms with Crippen LogP contribution in [0.1, 0.15) is 44.1 Å². The minimum atomic E-state index is 0.0888. The lowest BCUT2D eigenvalue weighted by Gasteiger charge is -2.54. The Balaban J connectivity index is 1.11. The largest absolute Gasteiger partial charge is 0.484 e. The first-order valence-corrected chi connectivity index (χ1v) is 12.1. The molecule has 4 heterocycles. The lowest BCUT2D eigenvalue weighted by molar-refractivity contribution is -0.146. The number of hydrogen-bond acceptors (Lipinski definition) is 4. The monoisotopic (exact) mass is 425 g/mol. The van der Waals surface area contributed by atoms with Crippen LogP contribution in [0, 0.1) is 18.8 Å². The molecule has 6 nitrogen and oxygen atoms in total. The number of rotatable bonds is 4. The first kappa shape index (κ1) is 20.8. The normalized spacial score (nSPS) is 29.6. The summed E-state index contributed by atoms with van der Waals surface area (Å²) in [6, 6.07) is 8.88. The molecule has 0 saturated carbocycles. The van der Waals surface area contributed by atoms with Gasteiger partial charge in [0.15, 0.2) is 6.61 Å². The Labute approximate surface area is 185 Å². The minimum absolute atomic E-state index is 0.0888. The molecule has 4 fully saturated rings. The van der Waals surface area contributed by atoms with Crippen molar-refractivity contribution in [2.75, 3.05) is 39.3 Å². The van der Waals surface area contributed by atoms with Crippen LogP contribution in [0.5, 0.6) is 5.75 Å². The molecule has 2 bridgehead atoms. The fourth-order valence-electron chi connectivity index (χ4n) is 6.30. The third-order valence-corrected chi connectivity index (χ3v) is 7.92. The number of carbonyl (C=O) groups is 2. The van der Waals surface area contributed by atoms with Crippen LogP contribution in [-0.2, 0) is 9.59 Å². The third-order valence-electron chi connectivity index (χ3n) is 7.92. The van der Waals surface area contributed by atoms with Gasteiger partial charge in [-0.05, 0) is 63.0 Å². The molecule has 0 unspecified atom stereocenters. The van der Waals surface area contributed by atoms with E-state index >= 15 is 0 Å². The molecule has 5 rings (SSSR count). The zero-order chi connectivity index (χ0) is 21.4. The van der Waals surface area contributed by atoms with Crippen LogP contribution in [0.3, 0.4) is 0 Å². The van der Waals surface area contributed by atoms with E-state index in [9.17, 15) is 9.59 Å². The predicted octanol–water partition coefficient (Wildman–Crippen LogP) is 2.70. The number of likely N-dealkylation sites (tertiary alicyclic amines) is 2. The van der Waals surface area contributed by atoms with Gasteiger partial charge in [0, 0.05) is 51.2 Å². The van der Waals surface area contributed by atoms with Crippen molar-refractivity contribution in [3.05, 3.63) is 29.8 Å². The van der Waals surface area contributed by atoms with Crippen LogP contribution in [0.2, 0.25) is 0 Å². The van der Waals surface area contributed by atoms with Crippen molar-refractivity contribution < 1.29 is 14.3 Å². The third kappa shape index (κ3) is 4.45. The topological polar surface area (TPSA) is 53.1 Å². The summed E-state index contributed by atoms with van der Waals surface area (Å²) in [7, 11) is 0. The fraction of sp³-hybridized carbons (Fsp3) is 0.680. The van der Waals surface area contributed by atoms with Crippen molar-refractivity contribution in [1.29, 1.82) is 0 Å². The molecule has 0 aliphatic carbocycles. The molecular weight excluding hydrogens is 390 g/mol. The van der Waals surface area contributed by atoms with Crippen molar-refractivity contribution in [2.45, 2.75) is 57.5 Å². The van der Waals surface area contributed by atoms with E-state index in [1.807, 2.05) is 36.1 Å². The van der Waals surface area contributed by atoms with Crippen molar-refractivity contribution in [3.8, 4) is 5.75 Å². The van der Waals surface area contributed by atoms with E-state index in [1.165, 1.54) is 18.4 Å². The average molecular weight is 426 g/mol. The Morgan fingerprint density at radius 2 is 1.84 bits per heavy atom. The molecule has 2 amide bonds. The number of ether oxygens (including phenoxy) is 1. The molecule has 1 aromatic carbocycles. The van der Waals surface area contributed by atoms with Crippen LogP contribution in [0.4, 0.5) is 0 Å². The molecule has 0 radical (unpaired) electrons. The first-order valence-electron chi connectivity index (χ1n) is 12.1. The second kappa shape index (κ2) is 8.81. The Kier molecular flexibility index (Phi) is 5.91. The second-order valence-corrected chi connectivity index (χ2v) is 10.0. The quantitative estimate of drug-likeness (QED) is 0.744. The number of aryl methyl sites for hydroxylation is 1. The molecular formula is C25H35N3O3. The maximum absolute atomic E-state index is 12.6. The SMILES string of the molecule is Cc1ccc(OCC(=O)N2CCC(N3C[C@H]4C[C@H](C3)[C@H]3CCCC(=O)N3C4)CC2)cc1. The van der Waals surface area contributed by atoms with Gasteiger partial charge in [0.25, 0.3) is 5.91 Å². The Hall–Kier alpha value is -2.08. The van der Waals surface area contributed by atoms with Gasteiger partial charge in [-0.2, -0.15) is 0 Å². The summed E-state index contributed by atoms with van der Waals surface area (Å²) < 4.78 is 5.69. The van der Waals surface area contributed by atoms with Gasteiger partial charge in [0.1, 0.15) is 5.75 Å². The number of nitrogens with zero attached hydrogens (tertiary/aromatic N) is 3. The summed E-state index contributed by atoms with van der Waals surface area (Å²) in [5, 5.41) is 0. The smallest absolute Gasteiger partial charge is 0.260 e. The Bertz CT molecular complexity index is 803. The lowest BCUT2D eigenvalue weighted by Crippen LogP contribution is -2.62. The van der Waals surface area contributed by atoms with Crippen molar-refractivity contribution in [3.63, 3.8) is 0 Å². The highest BCUT2D eigenvalue weighted by Crippen LogP contribution is 2.39. The number of fused-ring (bicyclic) bond motifs is 4. The summed E-state index contributed by atoms with van der Waals surface area (Å²) in [6.45, 7) is 7.00. The second-order valence-electron chi connectivity index (χ2n) is 10.0. The number of carbonyl (C=O) groups excluding carboxylic acids is 2. The highest BCUT2D eigenvalue weighted by atomic mass is 16.5. The molecule has 4 aliphatic rings. The summed E-state index contributed by atoms with van der Waals surface area (Å²) >= 11 is 0. The summed E-state index contributed by atoms with van der Waals surface area (Å²) in [5.74, 6) is 2.49. The van der Waals surface area contributed by atoms with E-state index in [2.05, 4.69) is 9.80 Å². The van der Waals surface area contributed by atoms with Crippen LogP contribution >= 0.6 is 0 Å². The van der Waals surface area contributed by atoms with Gasteiger partial charge in [0.05, 0.1) is 0 Å². The van der Waals surface area contributed by atoms with E-state index < -0.39 is 0 Å². The zero-order valence-electron chi connectivity index (χ0n) is 18.7. The number of benzene rings is 1. The van der Waals surface area contributed by atoms with E-state index in [1.54, 1.807) is 0 Å². The standard InChI is InChI=1S/C25H35N3O3/c1-18-5-7-22(8-6-18)31-17-25(30)26-11-9-21(10-12-26)27-14-19-13-20(16-27)23-3-2-4-24(29)28(23)15-19/h5-8,19-21,23H,2-4,9-17H2,1H3/t19-,20-,23-/m1/s1. The van der Waals surface area contributed by atoms with E-state index in [4.69, 9.17) is 4.74 Å². The van der Waals surface area contributed by atoms with Crippen LogP contribution in [-0.4, -0.2) is 77.9 Å². The zero-order valence-corrected chi connectivity index (χ0v) is 18.7. The predicted molar refractivity (Wildman–Crippen MR) is 119 cm³/mol. The van der Waals surface area contributed by atoms with E-state index in [0.29, 0.717) is 29.8 Å². The van der Waals surface area contributed by atoms with E-state index in [0.717, 1.165) is 64.2 Å². The molecule has 1 aromatic rings. The van der Waals surface area contributed by atoms with Gasteiger partial charge >= 0.3 is 0 Å². The van der Waals surface area contributed by atoms with Crippen molar-refractivity contribution >= 4 is 11.8 Å². The van der Waals surface area contributed by atoms with Gasteiger partial charge in [-0.15, -0.1) is 0 Å². The summed E-state index contributed by atoms with van der Waals surface area (Å²) in [6.07, 6.45) is 6.38. The first-order chi connectivity index (χ1) is 15.1. The maximum Gasteiger partial charge on any atom is 0.260 e. The summed E-state index contributed by atoms with van der Waals surface area (Å²) in [5.41, 5.74) is 1.19. The highest BCUT2D eigenvalue weighted by molar-refractivity contribution is 5.78. The molecule has 4 saturated heterocycles.